The Kier molecular flexibility index (Phi) is 3.68. The highest BCUT2D eigenvalue weighted by Crippen LogP contribution is 2.30. The van der Waals surface area contributed by atoms with Crippen molar-refractivity contribution in [2.45, 2.75) is 18.9 Å². The minimum atomic E-state index is -0.193. The lowest BCUT2D eigenvalue weighted by Crippen LogP contribution is -2.04. The quantitative estimate of drug-likeness (QED) is 0.761. The second kappa shape index (κ2) is 5.47. The van der Waals surface area contributed by atoms with E-state index in [9.17, 15) is 4.79 Å². The molecule has 0 unspecified atom stereocenters. The molecule has 0 bridgehead atoms. The van der Waals surface area contributed by atoms with Crippen molar-refractivity contribution in [3.8, 4) is 5.75 Å². The topological polar surface area (TPSA) is 26.3 Å². The highest BCUT2D eigenvalue weighted by molar-refractivity contribution is 6.41. The molecule has 20 heavy (non-hydrogen) atoms. The van der Waals surface area contributed by atoms with Gasteiger partial charge in [-0.1, -0.05) is 41.4 Å². The van der Waals surface area contributed by atoms with Crippen LogP contribution in [0.3, 0.4) is 0 Å². The number of carbonyl (C=O) groups is 1. The number of carbonyl (C=O) groups excluding carboxylic acids is 1. The molecule has 2 aromatic rings. The van der Waals surface area contributed by atoms with Crippen molar-refractivity contribution in [3.05, 3.63) is 63.6 Å². The van der Waals surface area contributed by atoms with E-state index in [1.165, 1.54) is 0 Å². The largest absolute Gasteiger partial charge is 0.490 e. The fraction of sp³-hybridized carbons (Fsp3) is 0.188. The molecule has 0 heterocycles. The molecule has 0 radical (unpaired) electrons. The first-order chi connectivity index (χ1) is 9.65. The van der Waals surface area contributed by atoms with Crippen LogP contribution >= 0.6 is 23.2 Å². The Morgan fingerprint density at radius 2 is 1.70 bits per heavy atom. The number of hydrogen-bond acceptors (Lipinski definition) is 2. The van der Waals surface area contributed by atoms with Crippen molar-refractivity contribution in [1.29, 1.82) is 0 Å². The monoisotopic (exact) mass is 306 g/mol. The molecule has 0 saturated heterocycles. The predicted octanol–water partition coefficient (Wildman–Crippen LogP) is 4.77. The first-order valence-corrected chi connectivity index (χ1v) is 7.16. The Bertz CT molecular complexity index is 643. The van der Waals surface area contributed by atoms with Gasteiger partial charge < -0.3 is 4.74 Å². The lowest BCUT2D eigenvalue weighted by atomic mass is 10.0. The summed E-state index contributed by atoms with van der Waals surface area (Å²) in [6.45, 7) is 0. The SMILES string of the molecule is O=C(c1cccc(OC2CC2)c1)c1c(Cl)cccc1Cl. The van der Waals surface area contributed by atoms with Crippen molar-refractivity contribution in [2.75, 3.05) is 0 Å². The minimum absolute atomic E-state index is 0.193. The summed E-state index contributed by atoms with van der Waals surface area (Å²) in [6.07, 6.45) is 2.45. The summed E-state index contributed by atoms with van der Waals surface area (Å²) in [5.41, 5.74) is 0.859. The van der Waals surface area contributed by atoms with E-state index >= 15 is 0 Å². The predicted molar refractivity (Wildman–Crippen MR) is 80.0 cm³/mol. The molecule has 0 spiro atoms. The normalized spacial score (nSPS) is 14.1. The second-order valence-corrected chi connectivity index (χ2v) is 5.59. The molecule has 0 amide bonds. The van der Waals surface area contributed by atoms with Gasteiger partial charge in [-0.2, -0.15) is 0 Å². The van der Waals surface area contributed by atoms with Crippen LogP contribution in [0.4, 0.5) is 0 Å². The molecule has 2 nitrogen and oxygen atoms in total. The molecule has 1 aliphatic carbocycles. The summed E-state index contributed by atoms with van der Waals surface area (Å²) in [5.74, 6) is 0.517. The van der Waals surface area contributed by atoms with Gasteiger partial charge >= 0.3 is 0 Å². The van der Waals surface area contributed by atoms with Gasteiger partial charge in [0.15, 0.2) is 5.78 Å². The first kappa shape index (κ1) is 13.5. The summed E-state index contributed by atoms with van der Waals surface area (Å²) >= 11 is 12.1. The van der Waals surface area contributed by atoms with E-state index in [2.05, 4.69) is 0 Å². The average molecular weight is 307 g/mol. The van der Waals surface area contributed by atoms with Crippen molar-refractivity contribution < 1.29 is 9.53 Å². The summed E-state index contributed by atoms with van der Waals surface area (Å²) in [7, 11) is 0. The van der Waals surface area contributed by atoms with Crippen LogP contribution in [0, 0.1) is 0 Å². The zero-order valence-corrected chi connectivity index (χ0v) is 12.1. The van der Waals surface area contributed by atoms with Crippen LogP contribution in [0.1, 0.15) is 28.8 Å². The summed E-state index contributed by atoms with van der Waals surface area (Å²) < 4.78 is 5.69. The van der Waals surface area contributed by atoms with Gasteiger partial charge in [0.2, 0.25) is 0 Å². The lowest BCUT2D eigenvalue weighted by molar-refractivity contribution is 0.103. The van der Waals surface area contributed by atoms with E-state index in [-0.39, 0.29) is 5.78 Å². The number of halogens is 2. The fourth-order valence-electron chi connectivity index (χ4n) is 1.95. The third kappa shape index (κ3) is 2.82. The van der Waals surface area contributed by atoms with Gasteiger partial charge in [-0.3, -0.25) is 4.79 Å². The van der Waals surface area contributed by atoms with Gasteiger partial charge in [0.25, 0.3) is 0 Å². The molecule has 0 N–H and O–H groups in total. The maximum Gasteiger partial charge on any atom is 0.196 e. The number of rotatable bonds is 4. The maximum atomic E-state index is 12.5. The van der Waals surface area contributed by atoms with Gasteiger partial charge in [0.1, 0.15) is 5.75 Å². The van der Waals surface area contributed by atoms with Crippen molar-refractivity contribution in [2.24, 2.45) is 0 Å². The molecule has 0 atom stereocenters. The molecule has 1 fully saturated rings. The first-order valence-electron chi connectivity index (χ1n) is 6.40. The Morgan fingerprint density at radius 3 is 2.35 bits per heavy atom. The van der Waals surface area contributed by atoms with Crippen LogP contribution < -0.4 is 4.74 Å². The maximum absolute atomic E-state index is 12.5. The summed E-state index contributed by atoms with van der Waals surface area (Å²) in [4.78, 5) is 12.5. The lowest BCUT2D eigenvalue weighted by Gasteiger charge is -2.08. The Labute approximate surface area is 127 Å². The van der Waals surface area contributed by atoms with Gasteiger partial charge in [-0.25, -0.2) is 0 Å². The molecule has 3 rings (SSSR count). The fourth-order valence-corrected chi connectivity index (χ4v) is 2.52. The molecule has 102 valence electrons. The van der Waals surface area contributed by atoms with E-state index in [1.807, 2.05) is 6.07 Å². The molecular weight excluding hydrogens is 295 g/mol. The second-order valence-electron chi connectivity index (χ2n) is 4.77. The van der Waals surface area contributed by atoms with Crippen molar-refractivity contribution in [1.82, 2.24) is 0 Å². The van der Waals surface area contributed by atoms with E-state index in [0.717, 1.165) is 12.8 Å². The zero-order valence-electron chi connectivity index (χ0n) is 10.6. The standard InChI is InChI=1S/C16H12Cl2O2/c17-13-5-2-6-14(18)15(13)16(19)10-3-1-4-12(9-10)20-11-7-8-11/h1-6,9,11H,7-8H2. The molecular formula is C16H12Cl2O2. The Hall–Kier alpha value is -1.51. The van der Waals surface area contributed by atoms with E-state index < -0.39 is 0 Å². The number of ketones is 1. The highest BCUT2D eigenvalue weighted by atomic mass is 35.5. The summed E-state index contributed by atoms with van der Waals surface area (Å²) in [6, 6.07) is 12.2. The zero-order chi connectivity index (χ0) is 14.1. The van der Waals surface area contributed by atoms with E-state index in [1.54, 1.807) is 36.4 Å². The smallest absolute Gasteiger partial charge is 0.196 e. The minimum Gasteiger partial charge on any atom is -0.490 e. The van der Waals surface area contributed by atoms with Crippen LogP contribution in [-0.2, 0) is 0 Å². The van der Waals surface area contributed by atoms with Gasteiger partial charge in [0.05, 0.1) is 21.7 Å². The van der Waals surface area contributed by atoms with Gasteiger partial charge in [-0.05, 0) is 37.1 Å². The highest BCUT2D eigenvalue weighted by Gasteiger charge is 2.24. The Balaban J connectivity index is 1.93. The third-order valence-corrected chi connectivity index (χ3v) is 3.74. The van der Waals surface area contributed by atoms with Crippen LogP contribution in [0.2, 0.25) is 10.0 Å². The van der Waals surface area contributed by atoms with Gasteiger partial charge in [-0.15, -0.1) is 0 Å². The Morgan fingerprint density at radius 1 is 1.05 bits per heavy atom. The number of ether oxygens (including phenoxy) is 1. The van der Waals surface area contributed by atoms with Crippen LogP contribution in [0.5, 0.6) is 5.75 Å². The number of hydrogen-bond donors (Lipinski definition) is 0. The molecule has 2 aromatic carbocycles. The van der Waals surface area contributed by atoms with E-state index in [0.29, 0.717) is 33.0 Å². The van der Waals surface area contributed by atoms with Crippen LogP contribution in [0.15, 0.2) is 42.5 Å². The van der Waals surface area contributed by atoms with Crippen molar-refractivity contribution in [3.63, 3.8) is 0 Å². The molecule has 4 heteroatoms. The average Bonchev–Trinajstić information content (AvgIpc) is 3.22. The summed E-state index contributed by atoms with van der Waals surface area (Å²) in [5, 5.41) is 0.715. The number of benzene rings is 2. The molecule has 0 aromatic heterocycles. The van der Waals surface area contributed by atoms with Crippen molar-refractivity contribution >= 4 is 29.0 Å². The van der Waals surface area contributed by atoms with E-state index in [4.69, 9.17) is 27.9 Å². The van der Waals surface area contributed by atoms with Crippen LogP contribution in [0.25, 0.3) is 0 Å². The third-order valence-electron chi connectivity index (χ3n) is 3.11. The van der Waals surface area contributed by atoms with Gasteiger partial charge in [0, 0.05) is 5.56 Å². The van der Waals surface area contributed by atoms with Crippen LogP contribution in [-0.4, -0.2) is 11.9 Å². The molecule has 1 saturated carbocycles. The molecule has 1 aliphatic rings. The molecule has 0 aliphatic heterocycles.